The maximum Gasteiger partial charge on any atom is 0.305 e. The van der Waals surface area contributed by atoms with Crippen molar-refractivity contribution in [2.75, 3.05) is 27.4 Å². The third-order valence-electron chi connectivity index (χ3n) is 6.47. The zero-order chi connectivity index (χ0) is 21.0. The lowest BCUT2D eigenvalue weighted by Gasteiger charge is -2.02. The molecular weight excluding hydrogens is 352 g/mol. The summed E-state index contributed by atoms with van der Waals surface area (Å²) >= 11 is 0. The lowest BCUT2D eigenvalue weighted by molar-refractivity contribution is -0.142. The third-order valence-corrected chi connectivity index (χ3v) is 6.47. The average Bonchev–Trinajstić information content (AvgIpc) is 3.33. The van der Waals surface area contributed by atoms with Crippen LogP contribution in [0.1, 0.15) is 47.5 Å². The summed E-state index contributed by atoms with van der Waals surface area (Å²) < 4.78 is 14.1. The van der Waals surface area contributed by atoms with Gasteiger partial charge < -0.3 is 19.3 Å². The summed E-state index contributed by atoms with van der Waals surface area (Å²) in [6, 6.07) is 0. The fourth-order valence-electron chi connectivity index (χ4n) is 3.95. The monoisotopic (exact) mass is 386 g/mol. The van der Waals surface area contributed by atoms with E-state index in [0.717, 1.165) is 0 Å². The molecule has 2 aliphatic carbocycles. The van der Waals surface area contributed by atoms with E-state index >= 15 is 0 Å². The molecule has 0 aliphatic heterocycles. The van der Waals surface area contributed by atoms with Gasteiger partial charge in [0.05, 0.1) is 20.8 Å². The molecule has 2 aliphatic rings. The first-order valence-electron chi connectivity index (χ1n) is 9.31. The summed E-state index contributed by atoms with van der Waals surface area (Å²) in [6.45, 7) is 10.3. The SMILES string of the molecule is COC(=O)C[C@@H]1C(CO)C1(C)C.COC(=O)C[C@@H]1C(COC(C)=O)C1(C)C. The van der Waals surface area contributed by atoms with E-state index in [9.17, 15) is 14.4 Å². The van der Waals surface area contributed by atoms with Gasteiger partial charge in [0.25, 0.3) is 0 Å². The smallest absolute Gasteiger partial charge is 0.305 e. The van der Waals surface area contributed by atoms with Crippen molar-refractivity contribution in [1.82, 2.24) is 0 Å². The Hall–Kier alpha value is -1.63. The average molecular weight is 386 g/mol. The Morgan fingerprint density at radius 3 is 1.56 bits per heavy atom. The Labute approximate surface area is 161 Å². The highest BCUT2D eigenvalue weighted by Gasteiger charge is 2.58. The van der Waals surface area contributed by atoms with Crippen LogP contribution in [0, 0.1) is 34.5 Å². The molecule has 0 aromatic rings. The lowest BCUT2D eigenvalue weighted by Crippen LogP contribution is -2.06. The number of hydrogen-bond acceptors (Lipinski definition) is 7. The van der Waals surface area contributed by atoms with E-state index in [1.54, 1.807) is 0 Å². The Bertz CT molecular complexity index is 553. The Morgan fingerprint density at radius 1 is 0.815 bits per heavy atom. The molecule has 27 heavy (non-hydrogen) atoms. The maximum atomic E-state index is 11.1. The van der Waals surface area contributed by atoms with E-state index in [0.29, 0.717) is 25.4 Å². The van der Waals surface area contributed by atoms with Gasteiger partial charge in [-0.15, -0.1) is 0 Å². The second kappa shape index (κ2) is 9.04. The standard InChI is InChI=1S/C11H18O4.C9H16O3/c1-7(12)15-6-9-8(11(9,2)3)5-10(13)14-4;1-9(2)6(7(9)5-10)4-8(11)12-3/h8-9H,5-6H2,1-4H3;6-7,10H,4-5H2,1-3H3/t8-,9?;6-,7?/m11/s1. The summed E-state index contributed by atoms with van der Waals surface area (Å²) in [4.78, 5) is 32.7. The number of esters is 3. The molecule has 156 valence electrons. The van der Waals surface area contributed by atoms with Crippen molar-refractivity contribution in [3.8, 4) is 0 Å². The van der Waals surface area contributed by atoms with Gasteiger partial charge in [0.15, 0.2) is 0 Å². The van der Waals surface area contributed by atoms with Crippen molar-refractivity contribution < 1.29 is 33.7 Å². The minimum absolute atomic E-state index is 0.0731. The largest absolute Gasteiger partial charge is 0.469 e. The maximum absolute atomic E-state index is 11.1. The molecule has 4 atom stereocenters. The van der Waals surface area contributed by atoms with Crippen LogP contribution in [-0.4, -0.2) is 50.4 Å². The van der Waals surface area contributed by atoms with Crippen molar-refractivity contribution in [1.29, 1.82) is 0 Å². The molecule has 0 bridgehead atoms. The molecule has 0 saturated heterocycles. The topological polar surface area (TPSA) is 99.1 Å². The van der Waals surface area contributed by atoms with Crippen molar-refractivity contribution >= 4 is 17.9 Å². The number of aliphatic hydroxyl groups is 1. The number of methoxy groups -OCH3 is 2. The Kier molecular flexibility index (Phi) is 7.84. The summed E-state index contributed by atoms with van der Waals surface area (Å²) in [5.74, 6) is 0.480. The molecular formula is C20H34O7. The fraction of sp³-hybridized carbons (Fsp3) is 0.850. The number of aliphatic hydroxyl groups excluding tert-OH is 1. The second-order valence-corrected chi connectivity index (χ2v) is 8.61. The molecule has 1 N–H and O–H groups in total. The first-order chi connectivity index (χ1) is 12.4. The first kappa shape index (κ1) is 23.4. The van der Waals surface area contributed by atoms with Gasteiger partial charge in [-0.1, -0.05) is 27.7 Å². The molecule has 0 heterocycles. The van der Waals surface area contributed by atoms with Gasteiger partial charge in [-0.25, -0.2) is 0 Å². The normalized spacial score (nSPS) is 28.9. The van der Waals surface area contributed by atoms with E-state index in [-0.39, 0.29) is 53.1 Å². The molecule has 2 saturated carbocycles. The van der Waals surface area contributed by atoms with Crippen LogP contribution in [0.2, 0.25) is 0 Å². The minimum Gasteiger partial charge on any atom is -0.469 e. The zero-order valence-electron chi connectivity index (χ0n) is 17.5. The lowest BCUT2D eigenvalue weighted by atomic mass is 10.1. The van der Waals surface area contributed by atoms with Gasteiger partial charge in [0.2, 0.25) is 0 Å². The van der Waals surface area contributed by atoms with Gasteiger partial charge in [-0.05, 0) is 28.6 Å². The highest BCUT2D eigenvalue weighted by molar-refractivity contribution is 5.70. The number of carbonyl (C=O) groups excluding carboxylic acids is 3. The highest BCUT2D eigenvalue weighted by Crippen LogP contribution is 2.60. The Balaban J connectivity index is 0.000000277. The molecule has 2 fully saturated rings. The van der Waals surface area contributed by atoms with Crippen LogP contribution in [0.3, 0.4) is 0 Å². The van der Waals surface area contributed by atoms with Gasteiger partial charge >= 0.3 is 17.9 Å². The van der Waals surface area contributed by atoms with Crippen LogP contribution >= 0.6 is 0 Å². The summed E-state index contributed by atoms with van der Waals surface area (Å²) in [5, 5.41) is 8.95. The predicted octanol–water partition coefficient (Wildman–Crippen LogP) is 2.20. The van der Waals surface area contributed by atoms with E-state index in [2.05, 4.69) is 37.2 Å². The van der Waals surface area contributed by atoms with Gasteiger partial charge in [0, 0.05) is 32.3 Å². The molecule has 2 unspecified atom stereocenters. The van der Waals surface area contributed by atoms with Crippen LogP contribution in [0.15, 0.2) is 0 Å². The van der Waals surface area contributed by atoms with E-state index in [1.165, 1.54) is 21.1 Å². The van der Waals surface area contributed by atoms with Gasteiger partial charge in [0.1, 0.15) is 0 Å². The van der Waals surface area contributed by atoms with E-state index in [1.807, 2.05) is 0 Å². The molecule has 0 spiro atoms. The molecule has 7 heteroatoms. The molecule has 0 radical (unpaired) electrons. The predicted molar refractivity (Wildman–Crippen MR) is 98.5 cm³/mol. The molecule has 0 amide bonds. The zero-order valence-corrected chi connectivity index (χ0v) is 17.5. The quantitative estimate of drug-likeness (QED) is 0.529. The summed E-state index contributed by atoms with van der Waals surface area (Å²) in [5.41, 5.74) is 0.187. The highest BCUT2D eigenvalue weighted by atomic mass is 16.5. The summed E-state index contributed by atoms with van der Waals surface area (Å²) in [7, 11) is 2.78. The first-order valence-corrected chi connectivity index (χ1v) is 9.31. The van der Waals surface area contributed by atoms with Crippen LogP contribution in [0.5, 0.6) is 0 Å². The molecule has 2 rings (SSSR count). The van der Waals surface area contributed by atoms with Crippen LogP contribution in [0.25, 0.3) is 0 Å². The van der Waals surface area contributed by atoms with Crippen molar-refractivity contribution in [3.05, 3.63) is 0 Å². The van der Waals surface area contributed by atoms with E-state index < -0.39 is 0 Å². The van der Waals surface area contributed by atoms with Crippen LogP contribution in [-0.2, 0) is 28.6 Å². The number of rotatable bonds is 7. The van der Waals surface area contributed by atoms with Crippen molar-refractivity contribution in [3.63, 3.8) is 0 Å². The number of hydrogen-bond donors (Lipinski definition) is 1. The third kappa shape index (κ3) is 5.92. The van der Waals surface area contributed by atoms with Gasteiger partial charge in [-0.2, -0.15) is 0 Å². The molecule has 0 aromatic heterocycles. The van der Waals surface area contributed by atoms with Crippen molar-refractivity contribution in [2.24, 2.45) is 34.5 Å². The van der Waals surface area contributed by atoms with E-state index in [4.69, 9.17) is 9.84 Å². The second-order valence-electron chi connectivity index (χ2n) is 8.61. The van der Waals surface area contributed by atoms with Crippen LogP contribution < -0.4 is 0 Å². The summed E-state index contributed by atoms with van der Waals surface area (Å²) in [6.07, 6.45) is 0.851. The fourth-order valence-corrected chi connectivity index (χ4v) is 3.95. The Morgan fingerprint density at radius 2 is 1.22 bits per heavy atom. The number of carbonyl (C=O) groups is 3. The van der Waals surface area contributed by atoms with Crippen LogP contribution in [0.4, 0.5) is 0 Å². The minimum atomic E-state index is -0.269. The molecule has 0 aromatic carbocycles. The number of ether oxygens (including phenoxy) is 3. The van der Waals surface area contributed by atoms with Crippen molar-refractivity contribution in [2.45, 2.75) is 47.5 Å². The molecule has 7 nitrogen and oxygen atoms in total. The van der Waals surface area contributed by atoms with Gasteiger partial charge in [-0.3, -0.25) is 14.4 Å².